The molecule has 10 fully saturated rings. The fourth-order valence-electron chi connectivity index (χ4n) is 12.9. The molecule has 12 rings (SSSR count). The summed E-state index contributed by atoms with van der Waals surface area (Å²) in [4.78, 5) is 25.5. The number of carbonyl (C=O) groups is 2. The molecule has 8 saturated carbocycles. The summed E-state index contributed by atoms with van der Waals surface area (Å²) in [6.07, 6.45) is 14.7. The molecule has 8 bridgehead atoms. The minimum absolute atomic E-state index is 0.0323. The number of hydrogen-bond donors (Lipinski definition) is 2. The van der Waals surface area contributed by atoms with Crippen molar-refractivity contribution in [2.24, 2.45) is 34.5 Å². The Bertz CT molecular complexity index is 1620. The molecule has 2 N–H and O–H groups in total. The van der Waals surface area contributed by atoms with Crippen molar-refractivity contribution in [1.29, 1.82) is 0 Å². The van der Waals surface area contributed by atoms with Crippen LogP contribution in [-0.4, -0.2) is 94.6 Å². The van der Waals surface area contributed by atoms with E-state index in [0.717, 1.165) is 77.4 Å². The van der Waals surface area contributed by atoms with E-state index in [1.54, 1.807) is 4.90 Å². The van der Waals surface area contributed by atoms with Crippen LogP contribution in [0.25, 0.3) is 0 Å². The van der Waals surface area contributed by atoms with E-state index in [1.165, 1.54) is 47.2 Å². The maximum atomic E-state index is 12.8. The van der Waals surface area contributed by atoms with Gasteiger partial charge in [-0.05, 0) is 144 Å². The van der Waals surface area contributed by atoms with Crippen LogP contribution in [0.5, 0.6) is 0 Å². The lowest BCUT2D eigenvalue weighted by Gasteiger charge is -2.59. The molecule has 2 saturated heterocycles. The van der Waals surface area contributed by atoms with E-state index >= 15 is 0 Å². The Morgan fingerprint density at radius 3 is 1.29 bits per heavy atom. The molecule has 344 valence electrons. The Hall–Kier alpha value is -2.32. The van der Waals surface area contributed by atoms with Crippen molar-refractivity contribution in [2.45, 2.75) is 143 Å². The van der Waals surface area contributed by atoms with Crippen LogP contribution in [0.15, 0.2) is 70.5 Å². The molecule has 7 nitrogen and oxygen atoms in total. The first-order chi connectivity index (χ1) is 29.3. The van der Waals surface area contributed by atoms with Crippen LogP contribution in [0.3, 0.4) is 0 Å². The van der Waals surface area contributed by atoms with Crippen molar-refractivity contribution in [1.82, 2.24) is 0 Å². The maximum Gasteiger partial charge on any atom is 0.376 e. The SMILES string of the molecule is CC(F)(F)C(=O)OCC12CC3CC(CC(O)(C3)C1)C2.CC(F)(F)C(=O)OCC12CC3CC(CC(O)(C3)C1)C2.c1ccc([S+]2CCCCC2)cc1.c1ccc([S+]2CCOCC2)cc1. The zero-order chi connectivity index (χ0) is 44.2. The van der Waals surface area contributed by atoms with Crippen molar-refractivity contribution in [3.63, 3.8) is 0 Å². The smallest absolute Gasteiger partial charge is 0.376 e. The van der Waals surface area contributed by atoms with Gasteiger partial charge in [0.1, 0.15) is 23.0 Å². The Labute approximate surface area is 371 Å². The van der Waals surface area contributed by atoms with Crippen molar-refractivity contribution in [3.8, 4) is 0 Å². The molecule has 0 aromatic heterocycles. The van der Waals surface area contributed by atoms with Crippen molar-refractivity contribution >= 4 is 33.7 Å². The largest absolute Gasteiger partial charge is 0.461 e. The van der Waals surface area contributed by atoms with Crippen LogP contribution < -0.4 is 0 Å². The van der Waals surface area contributed by atoms with E-state index < -0.39 is 35.0 Å². The third-order valence-electron chi connectivity index (χ3n) is 14.4. The highest BCUT2D eigenvalue weighted by Crippen LogP contribution is 2.63. The summed E-state index contributed by atoms with van der Waals surface area (Å²) in [7, 11) is 1.06. The van der Waals surface area contributed by atoms with Crippen molar-refractivity contribution < 1.29 is 51.6 Å². The number of rotatable bonds is 8. The monoisotopic (exact) mass is 908 g/mol. The summed E-state index contributed by atoms with van der Waals surface area (Å²) in [5.74, 6) is -2.61. The van der Waals surface area contributed by atoms with Crippen LogP contribution in [-0.2, 0) is 45.6 Å². The minimum atomic E-state index is -3.43. The Morgan fingerprint density at radius 2 is 0.952 bits per heavy atom. The van der Waals surface area contributed by atoms with E-state index in [-0.39, 0.29) is 24.0 Å². The quantitative estimate of drug-likeness (QED) is 0.155. The second-order valence-corrected chi connectivity index (χ2v) is 24.9. The van der Waals surface area contributed by atoms with Crippen LogP contribution >= 0.6 is 0 Å². The highest BCUT2D eigenvalue weighted by atomic mass is 32.2. The average molecular weight is 909 g/mol. The second kappa shape index (κ2) is 19.6. The van der Waals surface area contributed by atoms with Crippen LogP contribution in [0, 0.1) is 34.5 Å². The van der Waals surface area contributed by atoms with E-state index in [2.05, 4.69) is 60.7 Å². The predicted octanol–water partition coefficient (Wildman–Crippen LogP) is 9.57. The number of benzene rings is 2. The van der Waals surface area contributed by atoms with Gasteiger partial charge in [0.05, 0.1) is 37.6 Å². The number of aliphatic hydroxyl groups is 2. The summed E-state index contributed by atoms with van der Waals surface area (Å²) in [6.45, 7) is 3.07. The number of hydrogen-bond acceptors (Lipinski definition) is 7. The summed E-state index contributed by atoms with van der Waals surface area (Å²) >= 11 is 0. The van der Waals surface area contributed by atoms with Gasteiger partial charge in [0.15, 0.2) is 9.79 Å². The molecule has 62 heavy (non-hydrogen) atoms. The minimum Gasteiger partial charge on any atom is -0.461 e. The van der Waals surface area contributed by atoms with Gasteiger partial charge in [0, 0.05) is 46.5 Å². The van der Waals surface area contributed by atoms with Crippen molar-refractivity contribution in [3.05, 3.63) is 60.7 Å². The van der Waals surface area contributed by atoms with E-state index in [0.29, 0.717) is 72.2 Å². The van der Waals surface area contributed by atoms with Gasteiger partial charge in [-0.25, -0.2) is 9.59 Å². The molecule has 4 unspecified atom stereocenters. The Kier molecular flexibility index (Phi) is 15.1. The van der Waals surface area contributed by atoms with E-state index in [1.807, 2.05) is 0 Å². The second-order valence-electron chi connectivity index (χ2n) is 20.4. The molecule has 13 heteroatoms. The first-order valence-corrected chi connectivity index (χ1v) is 26.0. The molecule has 0 spiro atoms. The fraction of sp³-hybridized carbons (Fsp3) is 0.714. The number of ether oxygens (including phenoxy) is 3. The van der Waals surface area contributed by atoms with Gasteiger partial charge in [-0.3, -0.25) is 0 Å². The molecule has 0 amide bonds. The molecular formula is C49H68F4O7S2+2. The van der Waals surface area contributed by atoms with Gasteiger partial charge in [-0.2, -0.15) is 17.6 Å². The fourth-order valence-corrected chi connectivity index (χ4v) is 17.1. The Morgan fingerprint density at radius 1 is 0.597 bits per heavy atom. The maximum absolute atomic E-state index is 12.8. The summed E-state index contributed by atoms with van der Waals surface area (Å²) in [5, 5.41) is 21.0. The average Bonchev–Trinajstić information content (AvgIpc) is 3.21. The van der Waals surface area contributed by atoms with Gasteiger partial charge in [0.25, 0.3) is 0 Å². The number of carbonyl (C=O) groups excluding carboxylic acids is 2. The van der Waals surface area contributed by atoms with Crippen LogP contribution in [0.1, 0.15) is 110 Å². The highest BCUT2D eigenvalue weighted by molar-refractivity contribution is 7.97. The van der Waals surface area contributed by atoms with Gasteiger partial charge < -0.3 is 24.4 Å². The number of alkyl halides is 4. The molecule has 0 radical (unpaired) electrons. The van der Waals surface area contributed by atoms with E-state index in [9.17, 15) is 37.4 Å². The lowest BCUT2D eigenvalue weighted by Crippen LogP contribution is -2.57. The van der Waals surface area contributed by atoms with Gasteiger partial charge in [-0.1, -0.05) is 36.4 Å². The molecular weight excluding hydrogens is 841 g/mol. The standard InChI is InChI=1S/2C14H20F2O3.C11H15S.C10H13OS/c2*1-12(15,16)11(17)19-8-13-3-9-2-10(4-13)6-14(18,5-9)7-13;1-3-7-11(8-4-1)12-9-5-2-6-10-12;1-2-4-10(5-3-1)12-8-6-11-7-9-12/h2*9-10,18H,2-8H2,1H3;1,3-4,7-8H,2,5-6,9-10H2;1-5H,6-9H2/q;;2*+1. The van der Waals surface area contributed by atoms with Gasteiger partial charge >= 0.3 is 23.8 Å². The first-order valence-electron chi connectivity index (χ1n) is 22.9. The topological polar surface area (TPSA) is 102 Å². The first kappa shape index (κ1) is 47.6. The molecule has 10 aliphatic rings. The zero-order valence-electron chi connectivity index (χ0n) is 36.6. The van der Waals surface area contributed by atoms with Crippen LogP contribution in [0.2, 0.25) is 0 Å². The molecule has 8 aliphatic carbocycles. The van der Waals surface area contributed by atoms with Gasteiger partial charge in [0.2, 0.25) is 0 Å². The van der Waals surface area contributed by atoms with Crippen LogP contribution in [0.4, 0.5) is 17.6 Å². The lowest BCUT2D eigenvalue weighted by atomic mass is 9.48. The third kappa shape index (κ3) is 12.5. The molecule has 2 aromatic rings. The Balaban J connectivity index is 0.000000127. The number of esters is 2. The normalized spacial score (nSPS) is 34.7. The molecule has 2 heterocycles. The molecule has 2 aromatic carbocycles. The highest BCUT2D eigenvalue weighted by Gasteiger charge is 2.59. The number of halogens is 4. The van der Waals surface area contributed by atoms with Gasteiger partial charge in [-0.15, -0.1) is 0 Å². The predicted molar refractivity (Wildman–Crippen MR) is 236 cm³/mol. The van der Waals surface area contributed by atoms with Crippen molar-refractivity contribution in [2.75, 3.05) is 49.4 Å². The lowest BCUT2D eigenvalue weighted by molar-refractivity contribution is -0.197. The molecule has 2 aliphatic heterocycles. The molecule has 4 atom stereocenters. The van der Waals surface area contributed by atoms with E-state index in [4.69, 9.17) is 14.2 Å². The summed E-state index contributed by atoms with van der Waals surface area (Å²) in [6, 6.07) is 21.8. The third-order valence-corrected chi connectivity index (χ3v) is 19.2. The summed E-state index contributed by atoms with van der Waals surface area (Å²) in [5.41, 5.74) is -1.82. The zero-order valence-corrected chi connectivity index (χ0v) is 38.2. The summed E-state index contributed by atoms with van der Waals surface area (Å²) < 4.78 is 66.3.